The van der Waals surface area contributed by atoms with Crippen LogP contribution in [0.1, 0.15) is 31.7 Å². The fraction of sp³-hybridized carbons (Fsp3) is 0.357. The first-order valence-corrected chi connectivity index (χ1v) is 8.76. The standard InChI is InChI=1S/C14H16N4O4S/c19-18(20)12-5-7-13(8-6-12)23(21,22)16-14-9-10-15-17(14)11-3-1-2-4-11/h5-11,16H,1-4H2. The van der Waals surface area contributed by atoms with Crippen molar-refractivity contribution in [3.63, 3.8) is 0 Å². The highest BCUT2D eigenvalue weighted by Crippen LogP contribution is 2.31. The van der Waals surface area contributed by atoms with Crippen molar-refractivity contribution in [1.29, 1.82) is 0 Å². The fourth-order valence-electron chi connectivity index (χ4n) is 2.78. The van der Waals surface area contributed by atoms with Crippen LogP contribution >= 0.6 is 0 Å². The van der Waals surface area contributed by atoms with Gasteiger partial charge in [-0.25, -0.2) is 13.1 Å². The number of hydrogen-bond donors (Lipinski definition) is 1. The predicted molar refractivity (Wildman–Crippen MR) is 83.6 cm³/mol. The Morgan fingerprint density at radius 2 is 1.83 bits per heavy atom. The molecule has 0 bridgehead atoms. The Labute approximate surface area is 133 Å². The smallest absolute Gasteiger partial charge is 0.264 e. The van der Waals surface area contributed by atoms with Gasteiger partial charge in [-0.05, 0) is 25.0 Å². The Kier molecular flexibility index (Phi) is 4.03. The van der Waals surface area contributed by atoms with Crippen LogP contribution in [0.3, 0.4) is 0 Å². The fourth-order valence-corrected chi connectivity index (χ4v) is 3.83. The van der Waals surface area contributed by atoms with Crippen LogP contribution in [0.5, 0.6) is 0 Å². The lowest BCUT2D eigenvalue weighted by Gasteiger charge is -2.15. The van der Waals surface area contributed by atoms with E-state index in [1.54, 1.807) is 16.9 Å². The van der Waals surface area contributed by atoms with Gasteiger partial charge in [0.2, 0.25) is 0 Å². The summed E-state index contributed by atoms with van der Waals surface area (Å²) in [5.41, 5.74) is -0.153. The quantitative estimate of drug-likeness (QED) is 0.667. The van der Waals surface area contributed by atoms with Gasteiger partial charge in [-0.2, -0.15) is 5.10 Å². The molecule has 1 heterocycles. The van der Waals surface area contributed by atoms with Crippen molar-refractivity contribution < 1.29 is 13.3 Å². The van der Waals surface area contributed by atoms with Gasteiger partial charge >= 0.3 is 0 Å². The van der Waals surface area contributed by atoms with E-state index in [9.17, 15) is 18.5 Å². The summed E-state index contributed by atoms with van der Waals surface area (Å²) in [5.74, 6) is 0.412. The Bertz CT molecular complexity index is 808. The number of hydrogen-bond acceptors (Lipinski definition) is 5. The average Bonchev–Trinajstić information content (AvgIpc) is 3.17. The van der Waals surface area contributed by atoms with Crippen molar-refractivity contribution in [2.45, 2.75) is 36.6 Å². The highest BCUT2D eigenvalue weighted by atomic mass is 32.2. The van der Waals surface area contributed by atoms with Gasteiger partial charge in [-0.3, -0.25) is 14.8 Å². The second-order valence-corrected chi connectivity index (χ2v) is 7.14. The topological polar surface area (TPSA) is 107 Å². The third-order valence-corrected chi connectivity index (χ3v) is 5.31. The van der Waals surface area contributed by atoms with Crippen LogP contribution in [0.25, 0.3) is 0 Å². The predicted octanol–water partition coefficient (Wildman–Crippen LogP) is 2.71. The van der Waals surface area contributed by atoms with Gasteiger partial charge in [0.25, 0.3) is 15.7 Å². The molecule has 1 aliphatic carbocycles. The molecule has 0 unspecified atom stereocenters. The van der Waals surface area contributed by atoms with E-state index in [0.717, 1.165) is 25.7 Å². The van der Waals surface area contributed by atoms with Crippen molar-refractivity contribution in [2.75, 3.05) is 4.72 Å². The summed E-state index contributed by atoms with van der Waals surface area (Å²) >= 11 is 0. The molecule has 1 aromatic heterocycles. The summed E-state index contributed by atoms with van der Waals surface area (Å²) in [6.45, 7) is 0. The molecule has 122 valence electrons. The van der Waals surface area contributed by atoms with E-state index in [1.807, 2.05) is 0 Å². The molecule has 1 fully saturated rings. The highest BCUT2D eigenvalue weighted by Gasteiger charge is 2.23. The maximum absolute atomic E-state index is 12.4. The normalized spacial score (nSPS) is 15.7. The lowest BCUT2D eigenvalue weighted by Crippen LogP contribution is -2.18. The Morgan fingerprint density at radius 1 is 1.17 bits per heavy atom. The molecule has 0 radical (unpaired) electrons. The van der Waals surface area contributed by atoms with E-state index in [2.05, 4.69) is 9.82 Å². The average molecular weight is 336 g/mol. The molecule has 1 N–H and O–H groups in total. The van der Waals surface area contributed by atoms with E-state index in [-0.39, 0.29) is 16.6 Å². The van der Waals surface area contributed by atoms with Crippen molar-refractivity contribution in [2.24, 2.45) is 0 Å². The highest BCUT2D eigenvalue weighted by molar-refractivity contribution is 7.92. The molecule has 8 nitrogen and oxygen atoms in total. The first-order chi connectivity index (χ1) is 11.0. The van der Waals surface area contributed by atoms with Crippen LogP contribution in [0.4, 0.5) is 11.5 Å². The molecule has 1 aliphatic rings. The third-order valence-electron chi connectivity index (χ3n) is 3.94. The van der Waals surface area contributed by atoms with Crippen molar-refractivity contribution in [3.05, 3.63) is 46.6 Å². The van der Waals surface area contributed by atoms with E-state index in [0.29, 0.717) is 5.82 Å². The maximum Gasteiger partial charge on any atom is 0.269 e. The SMILES string of the molecule is O=[N+]([O-])c1ccc(S(=O)(=O)Nc2ccnn2C2CCCC2)cc1. The van der Waals surface area contributed by atoms with E-state index in [4.69, 9.17) is 0 Å². The Morgan fingerprint density at radius 3 is 2.43 bits per heavy atom. The van der Waals surface area contributed by atoms with Gasteiger partial charge in [0, 0.05) is 18.2 Å². The van der Waals surface area contributed by atoms with Crippen molar-refractivity contribution >= 4 is 21.5 Å². The molecule has 1 saturated carbocycles. The number of aromatic nitrogens is 2. The summed E-state index contributed by atoms with van der Waals surface area (Å²) in [4.78, 5) is 10.0. The number of nitrogens with zero attached hydrogens (tertiary/aromatic N) is 3. The minimum atomic E-state index is -3.81. The summed E-state index contributed by atoms with van der Waals surface area (Å²) in [6.07, 6.45) is 5.74. The first-order valence-electron chi connectivity index (χ1n) is 7.28. The van der Waals surface area contributed by atoms with Crippen molar-refractivity contribution in [3.8, 4) is 0 Å². The second kappa shape index (κ2) is 5.99. The lowest BCUT2D eigenvalue weighted by molar-refractivity contribution is -0.384. The van der Waals surface area contributed by atoms with Gasteiger partial charge in [0.1, 0.15) is 5.82 Å². The lowest BCUT2D eigenvalue weighted by atomic mass is 10.2. The zero-order valence-electron chi connectivity index (χ0n) is 12.3. The van der Waals surface area contributed by atoms with Crippen LogP contribution in [-0.2, 0) is 10.0 Å². The number of nitro benzene ring substituents is 1. The number of nitro groups is 1. The van der Waals surface area contributed by atoms with Crippen LogP contribution in [0.15, 0.2) is 41.4 Å². The molecule has 1 aromatic carbocycles. The van der Waals surface area contributed by atoms with Crippen LogP contribution < -0.4 is 4.72 Å². The minimum Gasteiger partial charge on any atom is -0.264 e. The van der Waals surface area contributed by atoms with Crippen LogP contribution in [0.2, 0.25) is 0 Å². The first kappa shape index (κ1) is 15.5. The molecule has 0 aliphatic heterocycles. The van der Waals surface area contributed by atoms with Crippen LogP contribution in [-0.4, -0.2) is 23.1 Å². The number of non-ortho nitro benzene ring substituents is 1. The molecule has 3 rings (SSSR count). The van der Waals surface area contributed by atoms with Gasteiger partial charge < -0.3 is 0 Å². The zero-order valence-corrected chi connectivity index (χ0v) is 13.1. The van der Waals surface area contributed by atoms with Crippen LogP contribution in [0, 0.1) is 10.1 Å². The number of nitrogens with one attached hydrogen (secondary N) is 1. The molecule has 0 atom stereocenters. The number of sulfonamides is 1. The number of rotatable bonds is 5. The minimum absolute atomic E-state index is 0.0257. The maximum atomic E-state index is 12.4. The molecule has 0 amide bonds. The van der Waals surface area contributed by atoms with Gasteiger partial charge in [0.15, 0.2) is 0 Å². The molecule has 23 heavy (non-hydrogen) atoms. The molecule has 0 saturated heterocycles. The second-order valence-electron chi connectivity index (χ2n) is 5.46. The van der Waals surface area contributed by atoms with Gasteiger partial charge in [0.05, 0.1) is 22.1 Å². The molecular weight excluding hydrogens is 320 g/mol. The number of benzene rings is 1. The summed E-state index contributed by atoms with van der Waals surface area (Å²) < 4.78 is 29.1. The Hall–Kier alpha value is -2.42. The number of anilines is 1. The molecule has 2 aromatic rings. The monoisotopic (exact) mass is 336 g/mol. The molecular formula is C14H16N4O4S. The summed E-state index contributed by atoms with van der Waals surface area (Å²) in [5, 5.41) is 14.9. The zero-order chi connectivity index (χ0) is 16.4. The van der Waals surface area contributed by atoms with Crippen molar-refractivity contribution in [1.82, 2.24) is 9.78 Å². The van der Waals surface area contributed by atoms with E-state index < -0.39 is 14.9 Å². The van der Waals surface area contributed by atoms with Gasteiger partial charge in [-0.15, -0.1) is 0 Å². The van der Waals surface area contributed by atoms with Gasteiger partial charge in [-0.1, -0.05) is 12.8 Å². The third kappa shape index (κ3) is 3.19. The summed E-state index contributed by atoms with van der Waals surface area (Å²) in [7, 11) is -3.81. The largest absolute Gasteiger partial charge is 0.269 e. The van der Waals surface area contributed by atoms with E-state index >= 15 is 0 Å². The Balaban J connectivity index is 1.84. The summed E-state index contributed by atoms with van der Waals surface area (Å²) in [6, 6.07) is 6.60. The molecule has 0 spiro atoms. The molecule has 9 heteroatoms. The van der Waals surface area contributed by atoms with E-state index in [1.165, 1.54) is 24.3 Å².